The van der Waals surface area contributed by atoms with Crippen LogP contribution >= 0.6 is 15.9 Å². The Hall–Kier alpha value is -2.54. The van der Waals surface area contributed by atoms with Crippen molar-refractivity contribution in [2.75, 3.05) is 13.7 Å². The smallest absolute Gasteiger partial charge is 0.342 e. The lowest BCUT2D eigenvalue weighted by Gasteiger charge is -2.08. The monoisotopic (exact) mass is 393 g/mol. The lowest BCUT2D eigenvalue weighted by molar-refractivity contribution is -0.124. The molecule has 0 spiro atoms. The van der Waals surface area contributed by atoms with Crippen LogP contribution in [0.5, 0.6) is 11.5 Å². The van der Waals surface area contributed by atoms with E-state index in [9.17, 15) is 14.7 Å². The number of phenolic OH excluding ortho intramolecular Hbond substituents is 1. The van der Waals surface area contributed by atoms with Gasteiger partial charge in [0.05, 0.1) is 7.11 Å². The lowest BCUT2D eigenvalue weighted by Crippen LogP contribution is -2.28. The van der Waals surface area contributed by atoms with Gasteiger partial charge in [-0.25, -0.2) is 4.79 Å². The molecule has 0 saturated carbocycles. The number of rotatable bonds is 6. The van der Waals surface area contributed by atoms with Crippen molar-refractivity contribution in [3.8, 4) is 11.5 Å². The first-order valence-electron chi connectivity index (χ1n) is 7.05. The fourth-order valence-corrected chi connectivity index (χ4v) is 2.24. The van der Waals surface area contributed by atoms with Crippen molar-refractivity contribution in [2.24, 2.45) is 0 Å². The molecule has 24 heavy (non-hydrogen) atoms. The molecule has 2 N–H and O–H groups in total. The Bertz CT molecular complexity index is 730. The van der Waals surface area contributed by atoms with Crippen LogP contribution in [0.2, 0.25) is 0 Å². The number of benzene rings is 2. The molecular weight excluding hydrogens is 378 g/mol. The van der Waals surface area contributed by atoms with Crippen LogP contribution < -0.4 is 10.1 Å². The number of methoxy groups -OCH3 is 1. The highest BCUT2D eigenvalue weighted by Crippen LogP contribution is 2.22. The molecule has 7 heteroatoms. The molecule has 0 heterocycles. The molecule has 0 radical (unpaired) electrons. The van der Waals surface area contributed by atoms with Gasteiger partial charge in [0, 0.05) is 11.0 Å². The van der Waals surface area contributed by atoms with Gasteiger partial charge in [0.25, 0.3) is 5.91 Å². The fourth-order valence-electron chi connectivity index (χ4n) is 1.88. The molecule has 2 rings (SSSR count). The first-order chi connectivity index (χ1) is 11.5. The average Bonchev–Trinajstić information content (AvgIpc) is 2.60. The first-order valence-corrected chi connectivity index (χ1v) is 7.84. The number of hydrogen-bond acceptors (Lipinski definition) is 5. The molecule has 0 bridgehead atoms. The van der Waals surface area contributed by atoms with Crippen LogP contribution in [-0.2, 0) is 16.1 Å². The van der Waals surface area contributed by atoms with Crippen LogP contribution in [0.3, 0.4) is 0 Å². The number of hydrogen-bond donors (Lipinski definition) is 2. The topological polar surface area (TPSA) is 84.9 Å². The number of ether oxygens (including phenoxy) is 2. The van der Waals surface area contributed by atoms with Gasteiger partial charge < -0.3 is 19.9 Å². The van der Waals surface area contributed by atoms with E-state index in [1.54, 1.807) is 25.3 Å². The third-order valence-electron chi connectivity index (χ3n) is 3.16. The number of halogens is 1. The Morgan fingerprint density at radius 3 is 2.54 bits per heavy atom. The number of nitrogens with one attached hydrogen (secondary N) is 1. The highest BCUT2D eigenvalue weighted by atomic mass is 79.9. The number of phenols is 1. The molecule has 0 saturated heterocycles. The number of carbonyl (C=O) groups is 2. The third kappa shape index (κ3) is 4.99. The summed E-state index contributed by atoms with van der Waals surface area (Å²) < 4.78 is 10.6. The Morgan fingerprint density at radius 2 is 1.88 bits per heavy atom. The predicted molar refractivity (Wildman–Crippen MR) is 90.9 cm³/mol. The molecule has 0 aliphatic rings. The van der Waals surface area contributed by atoms with Gasteiger partial charge in [0.15, 0.2) is 6.61 Å². The largest absolute Gasteiger partial charge is 0.507 e. The summed E-state index contributed by atoms with van der Waals surface area (Å²) in [6.45, 7) is -0.122. The summed E-state index contributed by atoms with van der Waals surface area (Å²) in [5.41, 5.74) is 0.882. The SMILES string of the molecule is COc1ccc(CNC(=O)COC(=O)c2cc(Br)ccc2O)cc1. The van der Waals surface area contributed by atoms with E-state index >= 15 is 0 Å². The fraction of sp³-hybridized carbons (Fsp3) is 0.176. The van der Waals surface area contributed by atoms with Crippen molar-refractivity contribution in [3.05, 3.63) is 58.1 Å². The van der Waals surface area contributed by atoms with E-state index < -0.39 is 18.5 Å². The quantitative estimate of drug-likeness (QED) is 0.736. The molecule has 2 aromatic carbocycles. The van der Waals surface area contributed by atoms with Gasteiger partial charge in [-0.05, 0) is 35.9 Å². The van der Waals surface area contributed by atoms with E-state index in [0.717, 1.165) is 11.3 Å². The Kier molecular flexibility index (Phi) is 6.20. The molecule has 1 amide bonds. The number of aromatic hydroxyl groups is 1. The molecule has 0 atom stereocenters. The van der Waals surface area contributed by atoms with Gasteiger partial charge in [-0.2, -0.15) is 0 Å². The van der Waals surface area contributed by atoms with Crippen molar-refractivity contribution in [1.29, 1.82) is 0 Å². The molecule has 2 aromatic rings. The molecular formula is C17H16BrNO5. The van der Waals surface area contributed by atoms with Crippen LogP contribution in [0.4, 0.5) is 0 Å². The van der Waals surface area contributed by atoms with Crippen molar-refractivity contribution in [2.45, 2.75) is 6.54 Å². The maximum absolute atomic E-state index is 11.9. The Balaban J connectivity index is 1.82. The van der Waals surface area contributed by atoms with Crippen LogP contribution in [-0.4, -0.2) is 30.7 Å². The zero-order valence-corrected chi connectivity index (χ0v) is 14.5. The van der Waals surface area contributed by atoms with Gasteiger partial charge in [-0.3, -0.25) is 4.79 Å². The van der Waals surface area contributed by atoms with Crippen molar-refractivity contribution >= 4 is 27.8 Å². The molecule has 6 nitrogen and oxygen atoms in total. The predicted octanol–water partition coefficient (Wildman–Crippen LogP) is 2.64. The van der Waals surface area contributed by atoms with E-state index in [0.29, 0.717) is 11.0 Å². The standard InChI is InChI=1S/C17H16BrNO5/c1-23-13-5-2-11(3-6-13)9-19-16(21)10-24-17(22)14-8-12(18)4-7-15(14)20/h2-8,20H,9-10H2,1H3,(H,19,21). The second-order valence-electron chi connectivity index (χ2n) is 4.86. The summed E-state index contributed by atoms with van der Waals surface area (Å²) in [6, 6.07) is 11.6. The summed E-state index contributed by atoms with van der Waals surface area (Å²) in [7, 11) is 1.58. The molecule has 0 aromatic heterocycles. The van der Waals surface area contributed by atoms with E-state index in [2.05, 4.69) is 21.2 Å². The number of esters is 1. The first kappa shape index (κ1) is 17.8. The molecule has 0 fully saturated rings. The lowest BCUT2D eigenvalue weighted by atomic mass is 10.2. The normalized spacial score (nSPS) is 10.1. The second-order valence-corrected chi connectivity index (χ2v) is 5.78. The maximum atomic E-state index is 11.9. The second kappa shape index (κ2) is 8.35. The molecule has 0 aliphatic heterocycles. The number of carbonyl (C=O) groups excluding carboxylic acids is 2. The van der Waals surface area contributed by atoms with Gasteiger partial charge >= 0.3 is 5.97 Å². The zero-order chi connectivity index (χ0) is 17.5. The highest BCUT2D eigenvalue weighted by molar-refractivity contribution is 9.10. The third-order valence-corrected chi connectivity index (χ3v) is 3.65. The average molecular weight is 394 g/mol. The van der Waals surface area contributed by atoms with Crippen LogP contribution in [0.25, 0.3) is 0 Å². The van der Waals surface area contributed by atoms with E-state index in [1.807, 2.05) is 12.1 Å². The van der Waals surface area contributed by atoms with E-state index in [-0.39, 0.29) is 11.3 Å². The minimum Gasteiger partial charge on any atom is -0.507 e. The van der Waals surface area contributed by atoms with Crippen LogP contribution in [0.15, 0.2) is 46.9 Å². The minimum atomic E-state index is -0.770. The van der Waals surface area contributed by atoms with Gasteiger partial charge in [-0.15, -0.1) is 0 Å². The highest BCUT2D eigenvalue weighted by Gasteiger charge is 2.14. The number of amides is 1. The Morgan fingerprint density at radius 1 is 1.17 bits per heavy atom. The van der Waals surface area contributed by atoms with Gasteiger partial charge in [0.1, 0.15) is 17.1 Å². The minimum absolute atomic E-state index is 0.00710. The summed E-state index contributed by atoms with van der Waals surface area (Å²) in [4.78, 5) is 23.6. The zero-order valence-electron chi connectivity index (χ0n) is 12.9. The van der Waals surface area contributed by atoms with E-state index in [1.165, 1.54) is 12.1 Å². The van der Waals surface area contributed by atoms with Crippen LogP contribution in [0.1, 0.15) is 15.9 Å². The molecule has 126 valence electrons. The van der Waals surface area contributed by atoms with Crippen molar-refractivity contribution in [1.82, 2.24) is 5.32 Å². The van der Waals surface area contributed by atoms with Crippen molar-refractivity contribution < 1.29 is 24.2 Å². The molecule has 0 unspecified atom stereocenters. The summed E-state index contributed by atoms with van der Waals surface area (Å²) in [5.74, 6) is -0.684. The van der Waals surface area contributed by atoms with E-state index in [4.69, 9.17) is 9.47 Å². The molecule has 0 aliphatic carbocycles. The van der Waals surface area contributed by atoms with Gasteiger partial charge in [-0.1, -0.05) is 28.1 Å². The van der Waals surface area contributed by atoms with Crippen LogP contribution in [0, 0.1) is 0 Å². The maximum Gasteiger partial charge on any atom is 0.342 e. The summed E-state index contributed by atoms with van der Waals surface area (Å²) in [5, 5.41) is 12.3. The summed E-state index contributed by atoms with van der Waals surface area (Å²) in [6.07, 6.45) is 0. The summed E-state index contributed by atoms with van der Waals surface area (Å²) >= 11 is 3.20. The Labute approximate surface area is 147 Å². The van der Waals surface area contributed by atoms with Crippen molar-refractivity contribution in [3.63, 3.8) is 0 Å². The van der Waals surface area contributed by atoms with Gasteiger partial charge in [0.2, 0.25) is 0 Å².